The lowest BCUT2D eigenvalue weighted by molar-refractivity contribution is -0.131. The molecule has 0 saturated heterocycles. The average molecular weight is 541 g/mol. The van der Waals surface area contributed by atoms with Gasteiger partial charge in [0.25, 0.3) is 11.8 Å². The maximum Gasteiger partial charge on any atom is 0.273 e. The van der Waals surface area contributed by atoms with Gasteiger partial charge in [-0.3, -0.25) is 14.4 Å². The zero-order valence-electron chi connectivity index (χ0n) is 24.9. The van der Waals surface area contributed by atoms with Crippen molar-refractivity contribution in [2.24, 2.45) is 5.92 Å². The summed E-state index contributed by atoms with van der Waals surface area (Å²) in [5.74, 6) is -0.736. The van der Waals surface area contributed by atoms with E-state index < -0.39 is 12.9 Å². The SMILES string of the molecule is [2H]C([2H])([2H])NC(=O)c1nnc(NC(=O)C2CC2)cc1Nc1cccc(-c2nc(CN(C)C(=O)CN(C)C)no2)c1OC. The van der Waals surface area contributed by atoms with Gasteiger partial charge in [0, 0.05) is 30.1 Å². The number of hydrogen-bond donors (Lipinski definition) is 3. The van der Waals surface area contributed by atoms with Crippen LogP contribution in [0.5, 0.6) is 5.75 Å². The number of nitrogens with one attached hydrogen (secondary N) is 3. The predicted octanol–water partition coefficient (Wildman–Crippen LogP) is 1.51. The topological polar surface area (TPSA) is 168 Å². The number of carbonyl (C=O) groups excluding carboxylic acids is 3. The number of amides is 3. The van der Waals surface area contributed by atoms with Gasteiger partial charge in [-0.05, 0) is 39.1 Å². The first-order chi connectivity index (χ1) is 19.8. The van der Waals surface area contributed by atoms with Gasteiger partial charge < -0.3 is 35.0 Å². The first-order valence-corrected chi connectivity index (χ1v) is 12.0. The normalized spacial score (nSPS) is 14.1. The fraction of sp³-hybridized carbons (Fsp3) is 0.400. The van der Waals surface area contributed by atoms with E-state index in [1.807, 2.05) is 5.32 Å². The minimum atomic E-state index is -2.77. The molecule has 3 N–H and O–H groups in total. The van der Waals surface area contributed by atoms with Crippen LogP contribution < -0.4 is 20.7 Å². The Morgan fingerprint density at radius 1 is 1.18 bits per heavy atom. The molecule has 0 unspecified atom stereocenters. The van der Waals surface area contributed by atoms with Crippen molar-refractivity contribution in [1.29, 1.82) is 0 Å². The molecule has 1 fully saturated rings. The van der Waals surface area contributed by atoms with E-state index in [4.69, 9.17) is 13.4 Å². The zero-order valence-corrected chi connectivity index (χ0v) is 21.9. The summed E-state index contributed by atoms with van der Waals surface area (Å²) in [6.07, 6.45) is 1.54. The molecule has 0 radical (unpaired) electrons. The van der Waals surface area contributed by atoms with Gasteiger partial charge in [-0.1, -0.05) is 11.2 Å². The molecule has 2 aromatic heterocycles. The molecule has 39 heavy (non-hydrogen) atoms. The third kappa shape index (κ3) is 6.65. The van der Waals surface area contributed by atoms with Crippen molar-refractivity contribution < 1.29 is 27.8 Å². The number of ether oxygens (including phenoxy) is 1. The van der Waals surface area contributed by atoms with E-state index in [2.05, 4.69) is 31.0 Å². The van der Waals surface area contributed by atoms with Crippen LogP contribution in [0.3, 0.4) is 0 Å². The van der Waals surface area contributed by atoms with E-state index >= 15 is 0 Å². The van der Waals surface area contributed by atoms with Crippen LogP contribution in [-0.4, -0.2) is 89.6 Å². The third-order valence-corrected chi connectivity index (χ3v) is 5.76. The number of benzene rings is 1. The van der Waals surface area contributed by atoms with Gasteiger partial charge in [0.15, 0.2) is 23.1 Å². The number of likely N-dealkylation sites (N-methyl/N-ethyl adjacent to an activating group) is 2. The quantitative estimate of drug-likeness (QED) is 0.322. The van der Waals surface area contributed by atoms with E-state index in [0.717, 1.165) is 12.8 Å². The molecule has 14 heteroatoms. The molecular formula is C25H31N9O5. The van der Waals surface area contributed by atoms with Gasteiger partial charge in [-0.25, -0.2) is 0 Å². The predicted molar refractivity (Wildman–Crippen MR) is 141 cm³/mol. The highest BCUT2D eigenvalue weighted by atomic mass is 16.5. The highest BCUT2D eigenvalue weighted by molar-refractivity contribution is 6.00. The van der Waals surface area contributed by atoms with Crippen LogP contribution in [0.15, 0.2) is 28.8 Å². The Kier molecular flexibility index (Phi) is 7.15. The van der Waals surface area contributed by atoms with Gasteiger partial charge >= 0.3 is 0 Å². The van der Waals surface area contributed by atoms with Gasteiger partial charge in [0.2, 0.25) is 11.8 Å². The molecule has 1 aliphatic carbocycles. The number of aromatic nitrogens is 4. The van der Waals surface area contributed by atoms with Crippen molar-refractivity contribution in [3.63, 3.8) is 0 Å². The summed E-state index contributed by atoms with van der Waals surface area (Å²) in [7, 11) is 6.64. The molecule has 1 aromatic carbocycles. The van der Waals surface area contributed by atoms with Crippen molar-refractivity contribution in [3.8, 4) is 17.2 Å². The van der Waals surface area contributed by atoms with Crippen LogP contribution in [0.2, 0.25) is 0 Å². The van der Waals surface area contributed by atoms with Gasteiger partial charge in [0.1, 0.15) is 0 Å². The van der Waals surface area contributed by atoms with Crippen LogP contribution in [0.25, 0.3) is 11.5 Å². The maximum atomic E-state index is 12.8. The molecule has 1 saturated carbocycles. The zero-order chi connectivity index (χ0) is 30.6. The van der Waals surface area contributed by atoms with E-state index in [1.54, 1.807) is 44.2 Å². The number of nitrogens with zero attached hydrogens (tertiary/aromatic N) is 6. The number of anilines is 3. The smallest absolute Gasteiger partial charge is 0.273 e. The lowest BCUT2D eigenvalue weighted by Gasteiger charge is -2.17. The largest absolute Gasteiger partial charge is 0.494 e. The summed E-state index contributed by atoms with van der Waals surface area (Å²) in [4.78, 5) is 45.0. The third-order valence-electron chi connectivity index (χ3n) is 5.76. The van der Waals surface area contributed by atoms with Crippen LogP contribution in [0.1, 0.15) is 33.3 Å². The van der Waals surface area contributed by atoms with E-state index in [9.17, 15) is 14.4 Å². The van der Waals surface area contributed by atoms with E-state index in [0.29, 0.717) is 11.3 Å². The van der Waals surface area contributed by atoms with E-state index in [-0.39, 0.29) is 65.5 Å². The van der Waals surface area contributed by atoms with Gasteiger partial charge in [0.05, 0.1) is 37.1 Å². The van der Waals surface area contributed by atoms with E-state index in [1.165, 1.54) is 18.1 Å². The molecule has 0 bridgehead atoms. The average Bonchev–Trinajstić information content (AvgIpc) is 3.66. The summed E-state index contributed by atoms with van der Waals surface area (Å²) in [5.41, 5.74) is 0.471. The minimum absolute atomic E-state index is 0.0561. The Morgan fingerprint density at radius 3 is 2.67 bits per heavy atom. The van der Waals surface area contributed by atoms with Gasteiger partial charge in [-0.2, -0.15) is 4.98 Å². The minimum Gasteiger partial charge on any atom is -0.494 e. The maximum absolute atomic E-state index is 12.8. The Hall–Kier alpha value is -4.59. The van der Waals surface area contributed by atoms with Crippen LogP contribution in [0, 0.1) is 5.92 Å². The molecule has 0 aliphatic heterocycles. The highest BCUT2D eigenvalue weighted by Crippen LogP contribution is 2.38. The number of methoxy groups -OCH3 is 1. The summed E-state index contributed by atoms with van der Waals surface area (Å²) in [5, 5.41) is 19.3. The molecule has 0 atom stereocenters. The molecule has 14 nitrogen and oxygen atoms in total. The fourth-order valence-corrected chi connectivity index (χ4v) is 3.64. The van der Waals surface area contributed by atoms with Crippen molar-refractivity contribution in [2.75, 3.05) is 52.4 Å². The number of rotatable bonds is 11. The highest BCUT2D eigenvalue weighted by Gasteiger charge is 2.30. The molecule has 4 rings (SSSR count). The molecule has 206 valence electrons. The second-order valence-corrected chi connectivity index (χ2v) is 9.22. The first kappa shape index (κ1) is 23.5. The van der Waals surface area contributed by atoms with Crippen LogP contribution in [-0.2, 0) is 16.1 Å². The summed E-state index contributed by atoms with van der Waals surface area (Å²) in [6.45, 7) is -2.42. The summed E-state index contributed by atoms with van der Waals surface area (Å²) in [6, 6.07) is 6.36. The van der Waals surface area contributed by atoms with Crippen molar-refractivity contribution in [3.05, 3.63) is 35.8 Å². The molecular weight excluding hydrogens is 506 g/mol. The number of carbonyl (C=O) groups is 3. The Balaban J connectivity index is 1.63. The molecule has 0 spiro atoms. The molecule has 2 heterocycles. The monoisotopic (exact) mass is 540 g/mol. The Bertz CT molecular complexity index is 1470. The Labute approximate surface area is 229 Å². The fourth-order valence-electron chi connectivity index (χ4n) is 3.64. The standard InChI is InChI=1S/C25H31N9O5/c1-26-24(37)21-17(11-18(30-31-21)28-23(36)14-9-10-14)27-16-8-6-7-15(22(16)38-5)25-29-19(32-39-25)12-34(4)20(35)13-33(2)3/h6-8,11,14H,9-10,12-13H2,1-5H3,(H,26,37)(H2,27,28,30,36)/i1D3. The van der Waals surface area contributed by atoms with Crippen molar-refractivity contribution >= 4 is 34.9 Å². The number of hydrogen-bond acceptors (Lipinski definition) is 11. The van der Waals surface area contributed by atoms with Crippen LogP contribution in [0.4, 0.5) is 17.2 Å². The summed E-state index contributed by atoms with van der Waals surface area (Å²) >= 11 is 0. The second-order valence-electron chi connectivity index (χ2n) is 9.22. The molecule has 1 aliphatic rings. The lowest BCUT2D eigenvalue weighted by atomic mass is 10.1. The number of para-hydroxylation sites is 1. The van der Waals surface area contributed by atoms with Gasteiger partial charge in [-0.15, -0.1) is 10.2 Å². The van der Waals surface area contributed by atoms with Crippen molar-refractivity contribution in [2.45, 2.75) is 19.4 Å². The first-order valence-electron chi connectivity index (χ1n) is 13.5. The molecule has 3 aromatic rings. The Morgan fingerprint density at radius 2 is 1.97 bits per heavy atom. The summed E-state index contributed by atoms with van der Waals surface area (Å²) < 4.78 is 33.2. The second kappa shape index (κ2) is 11.9. The van der Waals surface area contributed by atoms with Crippen LogP contribution >= 0.6 is 0 Å². The molecule has 3 amide bonds. The van der Waals surface area contributed by atoms with Crippen molar-refractivity contribution in [1.82, 2.24) is 35.5 Å². The lowest BCUT2D eigenvalue weighted by Crippen LogP contribution is -2.34.